The Morgan fingerprint density at radius 1 is 1.14 bits per heavy atom. The fourth-order valence-electron chi connectivity index (χ4n) is 3.69. The summed E-state index contributed by atoms with van der Waals surface area (Å²) in [6, 6.07) is 4.34. The van der Waals surface area contributed by atoms with Crippen LogP contribution in [-0.2, 0) is 21.9 Å². The second-order valence-corrected chi connectivity index (χ2v) is 10.9. The first-order valence-electron chi connectivity index (χ1n) is 9.98. The lowest BCUT2D eigenvalue weighted by Gasteiger charge is -2.30. The second kappa shape index (κ2) is 8.82. The molecule has 7 heteroatoms. The molecule has 0 saturated carbocycles. The minimum Gasteiger partial charge on any atom is -0.338 e. The minimum absolute atomic E-state index is 0.0209. The van der Waals surface area contributed by atoms with Crippen LogP contribution in [0.25, 0.3) is 0 Å². The average Bonchev–Trinajstić information content (AvgIpc) is 2.56. The Bertz CT molecular complexity index is 782. The number of carbonyl (C=O) groups is 1. The molecule has 1 aromatic carbocycles. The first-order valence-corrected chi connectivity index (χ1v) is 11.8. The zero-order valence-electron chi connectivity index (χ0n) is 18.1. The van der Waals surface area contributed by atoms with Gasteiger partial charge in [0.2, 0.25) is 10.0 Å². The van der Waals surface area contributed by atoms with Crippen molar-refractivity contribution in [1.82, 2.24) is 14.9 Å². The summed E-state index contributed by atoms with van der Waals surface area (Å²) in [6.45, 7) is 12.4. The number of benzene rings is 1. The maximum absolute atomic E-state index is 12.2. The molecule has 0 aromatic heterocycles. The Kier molecular flexibility index (Phi) is 7.15. The molecule has 0 unspecified atom stereocenters. The van der Waals surface area contributed by atoms with E-state index in [1.54, 1.807) is 0 Å². The van der Waals surface area contributed by atoms with Crippen molar-refractivity contribution in [2.24, 2.45) is 0 Å². The lowest BCUT2D eigenvalue weighted by molar-refractivity contribution is 0.228. The third-order valence-electron chi connectivity index (χ3n) is 5.48. The smallest absolute Gasteiger partial charge is 0.315 e. The van der Waals surface area contributed by atoms with Crippen molar-refractivity contribution in [3.8, 4) is 0 Å². The van der Waals surface area contributed by atoms with Gasteiger partial charge >= 0.3 is 6.03 Å². The van der Waals surface area contributed by atoms with Gasteiger partial charge in [0.05, 0.1) is 6.26 Å². The number of amides is 2. The van der Waals surface area contributed by atoms with Gasteiger partial charge in [-0.15, -0.1) is 0 Å². The topological polar surface area (TPSA) is 78.5 Å². The van der Waals surface area contributed by atoms with Crippen molar-refractivity contribution in [3.05, 3.63) is 34.4 Å². The molecule has 2 rings (SSSR count). The van der Waals surface area contributed by atoms with Crippen LogP contribution in [0.3, 0.4) is 0 Å². The standard InChI is InChI=1S/C21H35N3O3S/c1-15-13-17(21(3,4)5)14-16(2)19(15)7-10-22-20(25)23-18-8-11-24(12-9-18)28(6,26)27/h13-14,18H,7-12H2,1-6H3,(H2,22,23,25). The average molecular weight is 410 g/mol. The number of hydrogen-bond acceptors (Lipinski definition) is 3. The maximum Gasteiger partial charge on any atom is 0.315 e. The van der Waals surface area contributed by atoms with Crippen molar-refractivity contribution < 1.29 is 13.2 Å². The number of carbonyl (C=O) groups excluding carboxylic acids is 1. The zero-order valence-corrected chi connectivity index (χ0v) is 18.9. The van der Waals surface area contributed by atoms with Gasteiger partial charge in [-0.25, -0.2) is 17.5 Å². The molecular weight excluding hydrogens is 374 g/mol. The normalized spacial score (nSPS) is 16.8. The first-order chi connectivity index (χ1) is 12.9. The largest absolute Gasteiger partial charge is 0.338 e. The molecule has 1 heterocycles. The molecule has 0 atom stereocenters. The molecule has 0 aliphatic carbocycles. The summed E-state index contributed by atoms with van der Waals surface area (Å²) in [6.07, 6.45) is 3.31. The van der Waals surface area contributed by atoms with E-state index in [0.29, 0.717) is 32.5 Å². The Morgan fingerprint density at radius 2 is 1.68 bits per heavy atom. The molecule has 28 heavy (non-hydrogen) atoms. The molecule has 0 spiro atoms. The molecule has 158 valence electrons. The number of nitrogens with one attached hydrogen (secondary N) is 2. The summed E-state index contributed by atoms with van der Waals surface area (Å²) in [4.78, 5) is 12.2. The van der Waals surface area contributed by atoms with Crippen LogP contribution in [0.4, 0.5) is 4.79 Å². The highest BCUT2D eigenvalue weighted by Crippen LogP contribution is 2.27. The van der Waals surface area contributed by atoms with Crippen LogP contribution in [0.1, 0.15) is 55.9 Å². The number of aryl methyl sites for hydroxylation is 2. The summed E-state index contributed by atoms with van der Waals surface area (Å²) in [7, 11) is -3.14. The van der Waals surface area contributed by atoms with Gasteiger partial charge in [-0.1, -0.05) is 32.9 Å². The number of piperidine rings is 1. The van der Waals surface area contributed by atoms with E-state index in [-0.39, 0.29) is 17.5 Å². The lowest BCUT2D eigenvalue weighted by atomic mass is 9.83. The molecule has 1 aliphatic rings. The number of rotatable bonds is 5. The van der Waals surface area contributed by atoms with Crippen LogP contribution >= 0.6 is 0 Å². The number of sulfonamides is 1. The summed E-state index contributed by atoms with van der Waals surface area (Å²) in [5.74, 6) is 0. The molecule has 2 N–H and O–H groups in total. The third-order valence-corrected chi connectivity index (χ3v) is 6.78. The van der Waals surface area contributed by atoms with Crippen LogP contribution < -0.4 is 10.6 Å². The molecule has 1 aromatic rings. The Labute approximate surface area is 170 Å². The Hall–Kier alpha value is -1.60. The predicted molar refractivity (Wildman–Crippen MR) is 114 cm³/mol. The highest BCUT2D eigenvalue weighted by atomic mass is 32.2. The van der Waals surface area contributed by atoms with Crippen molar-refractivity contribution >= 4 is 16.1 Å². The van der Waals surface area contributed by atoms with E-state index in [1.807, 2.05) is 0 Å². The van der Waals surface area contributed by atoms with E-state index in [2.05, 4.69) is 57.4 Å². The van der Waals surface area contributed by atoms with E-state index in [1.165, 1.54) is 32.8 Å². The van der Waals surface area contributed by atoms with E-state index >= 15 is 0 Å². The number of urea groups is 1. The van der Waals surface area contributed by atoms with Crippen molar-refractivity contribution in [2.45, 2.75) is 65.3 Å². The van der Waals surface area contributed by atoms with Gasteiger partial charge in [0.25, 0.3) is 0 Å². The Balaban J connectivity index is 1.82. The van der Waals surface area contributed by atoms with Gasteiger partial charge in [-0.05, 0) is 60.8 Å². The quantitative estimate of drug-likeness (QED) is 0.785. The molecule has 1 fully saturated rings. The molecule has 0 radical (unpaired) electrons. The lowest BCUT2D eigenvalue weighted by Crippen LogP contribution is -2.49. The minimum atomic E-state index is -3.14. The number of nitrogens with zero attached hydrogens (tertiary/aromatic N) is 1. The maximum atomic E-state index is 12.2. The van der Waals surface area contributed by atoms with Gasteiger partial charge < -0.3 is 10.6 Å². The molecule has 1 saturated heterocycles. The van der Waals surface area contributed by atoms with Gasteiger partial charge in [-0.3, -0.25) is 0 Å². The van der Waals surface area contributed by atoms with Crippen molar-refractivity contribution in [3.63, 3.8) is 0 Å². The highest BCUT2D eigenvalue weighted by molar-refractivity contribution is 7.88. The fraction of sp³-hybridized carbons (Fsp3) is 0.667. The van der Waals surface area contributed by atoms with Crippen LogP contribution in [0.15, 0.2) is 12.1 Å². The van der Waals surface area contributed by atoms with Gasteiger partial charge in [0.1, 0.15) is 0 Å². The Morgan fingerprint density at radius 3 is 2.14 bits per heavy atom. The van der Waals surface area contributed by atoms with Crippen LogP contribution in [0, 0.1) is 13.8 Å². The van der Waals surface area contributed by atoms with E-state index in [4.69, 9.17) is 0 Å². The number of hydrogen-bond donors (Lipinski definition) is 2. The molecule has 1 aliphatic heterocycles. The van der Waals surface area contributed by atoms with Gasteiger partial charge in [0, 0.05) is 25.7 Å². The fourth-order valence-corrected chi connectivity index (χ4v) is 4.56. The summed E-state index contributed by atoms with van der Waals surface area (Å²) in [5.41, 5.74) is 5.27. The molecule has 6 nitrogen and oxygen atoms in total. The SMILES string of the molecule is Cc1cc(C(C)(C)C)cc(C)c1CCNC(=O)NC1CCN(S(C)(=O)=O)CC1. The third kappa shape index (κ3) is 6.21. The van der Waals surface area contributed by atoms with Crippen LogP contribution in [0.2, 0.25) is 0 Å². The first kappa shape index (κ1) is 22.7. The van der Waals surface area contributed by atoms with Gasteiger partial charge in [-0.2, -0.15) is 0 Å². The second-order valence-electron chi connectivity index (χ2n) is 8.93. The summed E-state index contributed by atoms with van der Waals surface area (Å²) < 4.78 is 24.6. The van der Waals surface area contributed by atoms with Crippen molar-refractivity contribution in [1.29, 1.82) is 0 Å². The molecule has 0 bridgehead atoms. The highest BCUT2D eigenvalue weighted by Gasteiger charge is 2.25. The van der Waals surface area contributed by atoms with E-state index in [9.17, 15) is 13.2 Å². The predicted octanol–water partition coefficient (Wildman–Crippen LogP) is 2.87. The summed E-state index contributed by atoms with van der Waals surface area (Å²) >= 11 is 0. The molecule has 2 amide bonds. The monoisotopic (exact) mass is 409 g/mol. The molecular formula is C21H35N3O3S. The summed E-state index contributed by atoms with van der Waals surface area (Å²) in [5, 5.41) is 5.90. The van der Waals surface area contributed by atoms with E-state index < -0.39 is 10.0 Å². The van der Waals surface area contributed by atoms with Crippen LogP contribution in [0.5, 0.6) is 0 Å². The van der Waals surface area contributed by atoms with Gasteiger partial charge in [0.15, 0.2) is 0 Å². The van der Waals surface area contributed by atoms with Crippen LogP contribution in [-0.4, -0.2) is 50.7 Å². The van der Waals surface area contributed by atoms with Crippen molar-refractivity contribution in [2.75, 3.05) is 25.9 Å². The zero-order chi connectivity index (χ0) is 21.1. The van der Waals surface area contributed by atoms with E-state index in [0.717, 1.165) is 6.42 Å².